The number of benzene rings is 1. The largest absolute Gasteiger partial charge is 0.448 e. The van der Waals surface area contributed by atoms with E-state index in [-0.39, 0.29) is 29.8 Å². The Hall–Kier alpha value is -2.43. The van der Waals surface area contributed by atoms with Gasteiger partial charge in [-0.3, -0.25) is 14.4 Å². The normalized spacial score (nSPS) is 19.3. The summed E-state index contributed by atoms with van der Waals surface area (Å²) in [6, 6.07) is 4.14. The highest BCUT2D eigenvalue weighted by atomic mass is 35.5. The number of hydrogen-bond donors (Lipinski definition) is 2. The molecule has 3 heterocycles. The predicted molar refractivity (Wildman–Crippen MR) is 158 cm³/mol. The Bertz CT molecular complexity index is 1350. The lowest BCUT2D eigenvalue weighted by Gasteiger charge is -2.39. The number of nitrogens with zero attached hydrogens (tertiary/aromatic N) is 1. The molecule has 2 N–H and O–H groups in total. The Morgan fingerprint density at radius 2 is 1.82 bits per heavy atom. The number of thioether (sulfide) groups is 1. The number of nitrogens with one attached hydrogen (secondary N) is 2. The molecule has 1 fully saturated rings. The first-order chi connectivity index (χ1) is 18.2. The summed E-state index contributed by atoms with van der Waals surface area (Å²) < 4.78 is 12.7. The molecule has 1 unspecified atom stereocenters. The molecule has 0 radical (unpaired) electrons. The molecule has 4 rings (SSSR count). The number of amides is 2. The van der Waals surface area contributed by atoms with Crippen LogP contribution < -0.4 is 20.3 Å². The van der Waals surface area contributed by atoms with Crippen molar-refractivity contribution in [3.8, 4) is 11.5 Å². The number of likely N-dealkylation sites (tertiary alicyclic amines) is 1. The molecule has 11 heteroatoms. The quantitative estimate of drug-likeness (QED) is 0.332. The van der Waals surface area contributed by atoms with Crippen molar-refractivity contribution < 1.29 is 19.1 Å². The molecular formula is C28H38ClN3O5SSi. The van der Waals surface area contributed by atoms with Crippen LogP contribution in [-0.2, 0) is 11.3 Å². The van der Waals surface area contributed by atoms with Crippen LogP contribution in [0.3, 0.4) is 0 Å². The van der Waals surface area contributed by atoms with Gasteiger partial charge in [0.2, 0.25) is 5.91 Å². The van der Waals surface area contributed by atoms with Gasteiger partial charge in [-0.05, 0) is 45.1 Å². The van der Waals surface area contributed by atoms with Gasteiger partial charge in [0.15, 0.2) is 11.5 Å². The van der Waals surface area contributed by atoms with Crippen LogP contribution in [0.15, 0.2) is 21.8 Å². The lowest BCUT2D eigenvalue weighted by atomic mass is 9.89. The van der Waals surface area contributed by atoms with E-state index in [4.69, 9.17) is 21.1 Å². The highest BCUT2D eigenvalue weighted by Gasteiger charge is 2.47. The minimum Gasteiger partial charge on any atom is -0.448 e. The van der Waals surface area contributed by atoms with Crippen molar-refractivity contribution >= 4 is 43.3 Å². The second-order valence-corrected chi connectivity index (χ2v) is 18.5. The van der Waals surface area contributed by atoms with Gasteiger partial charge in [0.05, 0.1) is 13.1 Å². The molecule has 1 aromatic heterocycles. The van der Waals surface area contributed by atoms with Gasteiger partial charge in [-0.1, -0.05) is 31.2 Å². The zero-order valence-corrected chi connectivity index (χ0v) is 26.3. The van der Waals surface area contributed by atoms with Gasteiger partial charge in [0.1, 0.15) is 0 Å². The van der Waals surface area contributed by atoms with Crippen LogP contribution in [0.2, 0.25) is 30.7 Å². The molecular weight excluding hydrogens is 554 g/mol. The Kier molecular flexibility index (Phi) is 8.49. The van der Waals surface area contributed by atoms with Crippen LogP contribution in [0, 0.1) is 19.8 Å². The van der Waals surface area contributed by atoms with Gasteiger partial charge >= 0.3 is 0 Å². The first-order valence-electron chi connectivity index (χ1n) is 13.3. The number of piperidine rings is 1. The topological polar surface area (TPSA) is 101 Å². The maximum absolute atomic E-state index is 13.2. The molecule has 212 valence electrons. The number of rotatable bonds is 7. The number of carbonyl (C=O) groups is 2. The van der Waals surface area contributed by atoms with Crippen molar-refractivity contribution in [3.63, 3.8) is 0 Å². The smallest absolute Gasteiger partial charge is 0.254 e. The van der Waals surface area contributed by atoms with Gasteiger partial charge in [0, 0.05) is 65.8 Å². The van der Waals surface area contributed by atoms with E-state index >= 15 is 0 Å². The fourth-order valence-electron chi connectivity index (χ4n) is 5.27. The third kappa shape index (κ3) is 6.33. The third-order valence-corrected chi connectivity index (χ3v) is 9.89. The Balaban J connectivity index is 1.47. The molecule has 0 spiro atoms. The molecule has 0 saturated carbocycles. The average molecular weight is 592 g/mol. The molecule has 2 aliphatic rings. The Morgan fingerprint density at radius 1 is 1.18 bits per heavy atom. The van der Waals surface area contributed by atoms with E-state index in [0.29, 0.717) is 52.3 Å². The minimum atomic E-state index is -1.47. The number of aromatic nitrogens is 1. The van der Waals surface area contributed by atoms with Crippen LogP contribution in [0.4, 0.5) is 0 Å². The van der Waals surface area contributed by atoms with Gasteiger partial charge in [-0.15, -0.1) is 11.8 Å². The second-order valence-electron chi connectivity index (χ2n) is 11.8. The predicted octanol–water partition coefficient (Wildman–Crippen LogP) is 5.36. The van der Waals surface area contributed by atoms with Gasteiger partial charge in [0.25, 0.3) is 17.3 Å². The number of H-pyrrole nitrogens is 1. The Morgan fingerprint density at radius 3 is 2.44 bits per heavy atom. The van der Waals surface area contributed by atoms with E-state index in [1.54, 1.807) is 6.07 Å². The Labute approximate surface area is 240 Å². The van der Waals surface area contributed by atoms with Crippen molar-refractivity contribution in [1.82, 2.24) is 15.2 Å². The fraction of sp³-hybridized carbons (Fsp3) is 0.536. The van der Waals surface area contributed by atoms with Crippen molar-refractivity contribution in [2.24, 2.45) is 5.92 Å². The van der Waals surface area contributed by atoms with E-state index in [1.807, 2.05) is 38.0 Å². The number of hydrogen-bond acceptors (Lipinski definition) is 6. The monoisotopic (exact) mass is 591 g/mol. The summed E-state index contributed by atoms with van der Waals surface area (Å²) in [5.74, 6) is -0.0959. The summed E-state index contributed by atoms with van der Waals surface area (Å²) in [6.45, 7) is 13.6. The molecule has 1 atom stereocenters. The van der Waals surface area contributed by atoms with Gasteiger partial charge in [-0.2, -0.15) is 0 Å². The number of aryl methyl sites for hydroxylation is 1. The fourth-order valence-corrected chi connectivity index (χ4v) is 7.34. The van der Waals surface area contributed by atoms with E-state index < -0.39 is 13.9 Å². The maximum Gasteiger partial charge on any atom is 0.254 e. The average Bonchev–Trinajstić information content (AvgIpc) is 3.24. The summed E-state index contributed by atoms with van der Waals surface area (Å²) in [5.41, 5.74) is 2.05. The maximum atomic E-state index is 13.2. The van der Waals surface area contributed by atoms with Gasteiger partial charge in [-0.25, -0.2) is 0 Å². The summed E-state index contributed by atoms with van der Waals surface area (Å²) in [6.07, 6.45) is 3.41. The van der Waals surface area contributed by atoms with E-state index in [0.717, 1.165) is 23.4 Å². The molecule has 1 aromatic carbocycles. The third-order valence-electron chi connectivity index (χ3n) is 7.44. The summed E-state index contributed by atoms with van der Waals surface area (Å²) in [5, 5.41) is 3.16. The molecule has 2 amide bonds. The number of fused-ring (bicyclic) bond motifs is 1. The van der Waals surface area contributed by atoms with Crippen LogP contribution in [0.25, 0.3) is 0 Å². The summed E-state index contributed by atoms with van der Waals surface area (Å²) >= 11 is 8.06. The lowest BCUT2D eigenvalue weighted by molar-refractivity contribution is -0.141. The molecule has 1 saturated heterocycles. The molecule has 2 aromatic rings. The first-order valence-corrected chi connectivity index (χ1v) is 18.6. The zero-order chi connectivity index (χ0) is 28.7. The van der Waals surface area contributed by atoms with E-state index in [9.17, 15) is 14.4 Å². The van der Waals surface area contributed by atoms with E-state index in [2.05, 4.69) is 29.9 Å². The number of carbonyl (C=O) groups excluding carboxylic acids is 2. The molecule has 39 heavy (non-hydrogen) atoms. The van der Waals surface area contributed by atoms with Crippen LogP contribution in [0.1, 0.15) is 46.9 Å². The van der Waals surface area contributed by atoms with Crippen LogP contribution in [-0.4, -0.2) is 54.9 Å². The standard InChI is InChI=1S/C28H38ClN3O5SSi/c1-16-12-22(38-4)20(27(35)31-16)14-30-26(34)19-13-21(29)25-24(17(19)2)36-28(3,37-25)18-8-10-32(11-9-18)23(33)15-39(5,6)7/h12-13,18H,8-11,14-15H2,1-7H3,(H,30,34)(H,31,35). The first kappa shape index (κ1) is 29.5. The molecule has 0 aliphatic carbocycles. The molecule has 8 nitrogen and oxygen atoms in total. The number of halogens is 1. The molecule has 0 bridgehead atoms. The van der Waals surface area contributed by atoms with Crippen molar-refractivity contribution in [1.29, 1.82) is 0 Å². The van der Waals surface area contributed by atoms with Crippen molar-refractivity contribution in [3.05, 3.63) is 49.9 Å². The van der Waals surface area contributed by atoms with Crippen molar-refractivity contribution in [2.75, 3.05) is 19.3 Å². The van der Waals surface area contributed by atoms with Crippen LogP contribution in [0.5, 0.6) is 11.5 Å². The highest BCUT2D eigenvalue weighted by molar-refractivity contribution is 7.98. The number of ether oxygens (including phenoxy) is 2. The van der Waals surface area contributed by atoms with Crippen molar-refractivity contribution in [2.45, 2.75) is 76.5 Å². The zero-order valence-electron chi connectivity index (χ0n) is 23.7. The SMILES string of the molecule is CSc1cc(C)[nH]c(=O)c1CNC(=O)c1cc(Cl)c2c(c1C)OC(C)(C1CCN(C(=O)C[Si](C)(C)C)CC1)O2. The minimum absolute atomic E-state index is 0.0619. The molecule has 2 aliphatic heterocycles. The highest BCUT2D eigenvalue weighted by Crippen LogP contribution is 2.51. The number of aromatic amines is 1. The summed E-state index contributed by atoms with van der Waals surface area (Å²) in [7, 11) is -1.47. The number of pyridine rings is 1. The van der Waals surface area contributed by atoms with Crippen LogP contribution >= 0.6 is 23.4 Å². The lowest BCUT2D eigenvalue weighted by Crippen LogP contribution is -2.50. The van der Waals surface area contributed by atoms with E-state index in [1.165, 1.54) is 11.8 Å². The van der Waals surface area contributed by atoms with Gasteiger partial charge < -0.3 is 24.7 Å². The second kappa shape index (κ2) is 11.2. The summed E-state index contributed by atoms with van der Waals surface area (Å²) in [4.78, 5) is 44.0.